The Morgan fingerprint density at radius 1 is 1.08 bits per heavy atom. The summed E-state index contributed by atoms with van der Waals surface area (Å²) in [6, 6.07) is 0. The van der Waals surface area contributed by atoms with Crippen molar-refractivity contribution in [2.45, 2.75) is 95.6 Å². The average molecular weight is 372 g/mol. The van der Waals surface area contributed by atoms with Crippen LogP contribution in [-0.4, -0.2) is 72.7 Å². The van der Waals surface area contributed by atoms with Crippen molar-refractivity contribution in [2.24, 2.45) is 0 Å². The fourth-order valence-electron chi connectivity index (χ4n) is 4.37. The van der Waals surface area contributed by atoms with Gasteiger partial charge in [0.05, 0.1) is 0 Å². The van der Waals surface area contributed by atoms with Gasteiger partial charge in [-0.2, -0.15) is 0 Å². The summed E-state index contributed by atoms with van der Waals surface area (Å²) in [5.74, 6) is -1.76. The fraction of sp³-hybridized carbons (Fsp3) is 1.00. The summed E-state index contributed by atoms with van der Waals surface area (Å²) in [5, 5.41) is 10.8. The van der Waals surface area contributed by atoms with Gasteiger partial charge in [0, 0.05) is 13.2 Å². The van der Waals surface area contributed by atoms with Gasteiger partial charge in [0.2, 0.25) is 5.79 Å². The molecule has 152 valence electrons. The van der Waals surface area contributed by atoms with Crippen molar-refractivity contribution in [3.63, 3.8) is 0 Å². The minimum Gasteiger partial charge on any atom is -0.387 e. The van der Waals surface area contributed by atoms with E-state index in [0.717, 1.165) is 26.1 Å². The SMILES string of the molecule is CCCCCCCOC[C@@]12O[C@@H](CN3CCCC3)[C@@H](O)[C@@H]1OC(C)(C)O2. The summed E-state index contributed by atoms with van der Waals surface area (Å²) in [7, 11) is 0. The lowest BCUT2D eigenvalue weighted by Crippen LogP contribution is -2.45. The Morgan fingerprint density at radius 2 is 1.81 bits per heavy atom. The lowest BCUT2D eigenvalue weighted by atomic mass is 10.1. The van der Waals surface area contributed by atoms with Crippen molar-refractivity contribution in [1.29, 1.82) is 0 Å². The van der Waals surface area contributed by atoms with Crippen molar-refractivity contribution in [3.05, 3.63) is 0 Å². The second-order valence-corrected chi connectivity index (χ2v) is 8.47. The lowest BCUT2D eigenvalue weighted by molar-refractivity contribution is -0.279. The Morgan fingerprint density at radius 3 is 2.54 bits per heavy atom. The van der Waals surface area contributed by atoms with Crippen molar-refractivity contribution in [2.75, 3.05) is 32.8 Å². The van der Waals surface area contributed by atoms with Crippen LogP contribution in [0.4, 0.5) is 0 Å². The Kier molecular flexibility index (Phi) is 6.97. The number of hydrogen-bond donors (Lipinski definition) is 1. The van der Waals surface area contributed by atoms with Crippen LogP contribution in [0.25, 0.3) is 0 Å². The monoisotopic (exact) mass is 371 g/mol. The number of unbranched alkanes of at least 4 members (excludes halogenated alkanes) is 4. The molecule has 6 heteroatoms. The first-order valence-corrected chi connectivity index (χ1v) is 10.5. The van der Waals surface area contributed by atoms with Crippen LogP contribution in [-0.2, 0) is 18.9 Å². The number of nitrogens with zero attached hydrogens (tertiary/aromatic N) is 1. The molecule has 0 aliphatic carbocycles. The topological polar surface area (TPSA) is 60.4 Å². The van der Waals surface area contributed by atoms with E-state index in [2.05, 4.69) is 11.8 Å². The summed E-state index contributed by atoms with van der Waals surface area (Å²) in [6.07, 6.45) is 6.99. The molecule has 4 atom stereocenters. The molecule has 3 fully saturated rings. The van der Waals surface area contributed by atoms with Gasteiger partial charge in [-0.25, -0.2) is 0 Å². The van der Waals surface area contributed by atoms with Crippen LogP contribution in [0.2, 0.25) is 0 Å². The largest absolute Gasteiger partial charge is 0.387 e. The number of aliphatic hydroxyl groups excluding tert-OH is 1. The Labute approximate surface area is 158 Å². The van der Waals surface area contributed by atoms with Crippen molar-refractivity contribution in [3.8, 4) is 0 Å². The summed E-state index contributed by atoms with van der Waals surface area (Å²) < 4.78 is 24.3. The zero-order valence-corrected chi connectivity index (χ0v) is 16.7. The van der Waals surface area contributed by atoms with Crippen LogP contribution >= 0.6 is 0 Å². The highest BCUT2D eigenvalue weighted by atomic mass is 16.9. The van der Waals surface area contributed by atoms with E-state index in [1.807, 2.05) is 13.8 Å². The molecule has 1 N–H and O–H groups in total. The van der Waals surface area contributed by atoms with Crippen molar-refractivity contribution in [1.82, 2.24) is 4.90 Å². The maximum Gasteiger partial charge on any atom is 0.224 e. The molecule has 3 rings (SSSR count). The number of fused-ring (bicyclic) bond motifs is 1. The first-order valence-electron chi connectivity index (χ1n) is 10.5. The van der Waals surface area contributed by atoms with Crippen LogP contribution in [0.15, 0.2) is 0 Å². The third-order valence-electron chi connectivity index (χ3n) is 5.64. The molecule has 0 spiro atoms. The smallest absolute Gasteiger partial charge is 0.224 e. The number of ether oxygens (including phenoxy) is 4. The zero-order chi connectivity index (χ0) is 18.6. The molecule has 3 heterocycles. The molecule has 3 aliphatic rings. The highest BCUT2D eigenvalue weighted by Crippen LogP contribution is 2.45. The molecule has 3 aliphatic heterocycles. The lowest BCUT2D eigenvalue weighted by Gasteiger charge is -2.29. The molecular formula is C20H37NO5. The number of aliphatic hydroxyl groups is 1. The molecule has 0 amide bonds. The molecule has 0 radical (unpaired) electrons. The third kappa shape index (κ3) is 4.78. The van der Waals surface area contributed by atoms with Crippen molar-refractivity contribution < 1.29 is 24.1 Å². The average Bonchev–Trinajstić information content (AvgIpc) is 3.24. The molecule has 0 bridgehead atoms. The summed E-state index contributed by atoms with van der Waals surface area (Å²) >= 11 is 0. The van der Waals surface area contributed by atoms with Crippen LogP contribution in [0.3, 0.4) is 0 Å². The molecule has 0 aromatic carbocycles. The van der Waals surface area contributed by atoms with E-state index < -0.39 is 23.8 Å². The quantitative estimate of drug-likeness (QED) is 0.596. The molecule has 0 aromatic rings. The molecular weight excluding hydrogens is 334 g/mol. The second kappa shape index (κ2) is 8.84. The number of rotatable bonds is 10. The van der Waals surface area contributed by atoms with E-state index in [1.54, 1.807) is 0 Å². The zero-order valence-electron chi connectivity index (χ0n) is 16.7. The van der Waals surface area contributed by atoms with Gasteiger partial charge < -0.3 is 29.0 Å². The van der Waals surface area contributed by atoms with Gasteiger partial charge in [-0.15, -0.1) is 0 Å². The molecule has 3 saturated heterocycles. The molecule has 0 saturated carbocycles. The fourth-order valence-corrected chi connectivity index (χ4v) is 4.37. The van der Waals surface area contributed by atoms with Gasteiger partial charge in [0.25, 0.3) is 0 Å². The van der Waals surface area contributed by atoms with E-state index in [0.29, 0.717) is 13.2 Å². The van der Waals surface area contributed by atoms with Crippen LogP contribution in [0, 0.1) is 0 Å². The normalized spacial score (nSPS) is 36.7. The maximum atomic E-state index is 10.8. The van der Waals surface area contributed by atoms with E-state index in [9.17, 15) is 5.11 Å². The van der Waals surface area contributed by atoms with Gasteiger partial charge in [-0.1, -0.05) is 32.6 Å². The van der Waals surface area contributed by atoms with E-state index >= 15 is 0 Å². The minimum atomic E-state index is -0.989. The number of hydrogen-bond acceptors (Lipinski definition) is 6. The van der Waals surface area contributed by atoms with E-state index in [1.165, 1.54) is 38.5 Å². The predicted octanol–water partition coefficient (Wildman–Crippen LogP) is 2.68. The first-order chi connectivity index (χ1) is 12.5. The van der Waals surface area contributed by atoms with Gasteiger partial charge >= 0.3 is 0 Å². The highest BCUT2D eigenvalue weighted by Gasteiger charge is 2.64. The summed E-state index contributed by atoms with van der Waals surface area (Å²) in [4.78, 5) is 2.35. The summed E-state index contributed by atoms with van der Waals surface area (Å²) in [5.41, 5.74) is 0. The third-order valence-corrected chi connectivity index (χ3v) is 5.64. The van der Waals surface area contributed by atoms with Gasteiger partial charge in [-0.05, 0) is 46.2 Å². The predicted molar refractivity (Wildman–Crippen MR) is 98.9 cm³/mol. The van der Waals surface area contributed by atoms with Gasteiger partial charge in [-0.3, -0.25) is 0 Å². The van der Waals surface area contributed by atoms with Crippen molar-refractivity contribution >= 4 is 0 Å². The maximum absolute atomic E-state index is 10.8. The van der Waals surface area contributed by atoms with E-state index in [4.69, 9.17) is 18.9 Å². The highest BCUT2D eigenvalue weighted by molar-refractivity contribution is 5.03. The van der Waals surface area contributed by atoms with E-state index in [-0.39, 0.29) is 6.10 Å². The summed E-state index contributed by atoms with van der Waals surface area (Å²) in [6.45, 7) is 9.82. The van der Waals surface area contributed by atoms with Crippen LogP contribution in [0.1, 0.15) is 65.7 Å². The molecule has 6 nitrogen and oxygen atoms in total. The number of likely N-dealkylation sites (tertiary alicyclic amines) is 1. The van der Waals surface area contributed by atoms with Gasteiger partial charge in [0.15, 0.2) is 5.79 Å². The Balaban J connectivity index is 1.53. The standard InChI is InChI=1S/C20H37NO5/c1-4-5-6-7-10-13-23-15-20-18(25-19(2,3)26-20)17(22)16(24-20)14-21-11-8-9-12-21/h16-18,22H,4-15H2,1-3H3/t16-,17+,18-,20-/m0/s1. The molecule has 0 unspecified atom stereocenters. The first kappa shape index (κ1) is 20.5. The second-order valence-electron chi connectivity index (χ2n) is 8.47. The molecule has 26 heavy (non-hydrogen) atoms. The molecule has 0 aromatic heterocycles. The Bertz CT molecular complexity index is 440. The minimum absolute atomic E-state index is 0.289. The van der Waals surface area contributed by atoms with Gasteiger partial charge in [0.1, 0.15) is 24.9 Å². The van der Waals surface area contributed by atoms with Crippen LogP contribution in [0.5, 0.6) is 0 Å². The van der Waals surface area contributed by atoms with Crippen LogP contribution < -0.4 is 0 Å². The Hall–Kier alpha value is -0.240.